The predicted octanol–water partition coefficient (Wildman–Crippen LogP) is 2.57. The first-order valence-electron chi connectivity index (χ1n) is 3.67. The molecule has 2 unspecified atom stereocenters. The molecule has 0 aliphatic rings. The van der Waals surface area contributed by atoms with Crippen molar-refractivity contribution >= 4 is 0 Å². The fourth-order valence-corrected chi connectivity index (χ4v) is 0.846. The van der Waals surface area contributed by atoms with Gasteiger partial charge in [0.1, 0.15) is 0 Å². The maximum Gasteiger partial charge on any atom is 0.0964 e. The van der Waals surface area contributed by atoms with E-state index in [1.165, 1.54) is 0 Å². The minimum atomic E-state index is -0.499. The molecule has 0 rings (SSSR count). The van der Waals surface area contributed by atoms with Crippen molar-refractivity contribution in [3.05, 3.63) is 24.8 Å². The summed E-state index contributed by atoms with van der Waals surface area (Å²) in [7, 11) is 0. The molecule has 1 heteroatoms. The Morgan fingerprint density at radius 3 is 2.50 bits per heavy atom. The summed E-state index contributed by atoms with van der Waals surface area (Å²) in [6.07, 6.45) is 5.87. The van der Waals surface area contributed by atoms with Crippen molar-refractivity contribution in [1.29, 1.82) is 0 Å². The lowest BCUT2D eigenvalue weighted by Crippen LogP contribution is -2.11. The van der Waals surface area contributed by atoms with E-state index in [1.54, 1.807) is 13.0 Å². The Morgan fingerprint density at radius 2 is 2.20 bits per heavy atom. The monoisotopic (exact) mass is 139 g/mol. The van der Waals surface area contributed by atoms with Gasteiger partial charge in [-0.15, -0.1) is 0 Å². The first-order chi connectivity index (χ1) is 4.72. The maximum atomic E-state index is 10.9. The van der Waals surface area contributed by atoms with E-state index < -0.39 is 6.10 Å². The van der Waals surface area contributed by atoms with Crippen molar-refractivity contribution in [3.63, 3.8) is 0 Å². The van der Waals surface area contributed by atoms with Crippen molar-refractivity contribution in [1.82, 2.24) is 0 Å². The molecule has 0 N–H and O–H groups in total. The fourth-order valence-electron chi connectivity index (χ4n) is 0.846. The molecular weight excluding hydrogens is 124 g/mol. The van der Waals surface area contributed by atoms with Crippen molar-refractivity contribution in [3.8, 4) is 0 Å². The third-order valence-electron chi connectivity index (χ3n) is 1.57. The lowest BCUT2D eigenvalue weighted by Gasteiger charge is -2.09. The quantitative estimate of drug-likeness (QED) is 0.533. The molecule has 0 aromatic rings. The van der Waals surface area contributed by atoms with Crippen LogP contribution in [-0.2, 0) is 5.11 Å². The first kappa shape index (κ1) is 9.44. The van der Waals surface area contributed by atoms with Gasteiger partial charge >= 0.3 is 0 Å². The van der Waals surface area contributed by atoms with Crippen LogP contribution >= 0.6 is 0 Å². The van der Waals surface area contributed by atoms with Gasteiger partial charge in [0, 0.05) is 5.92 Å². The molecule has 1 nitrogen and oxygen atoms in total. The molecule has 0 saturated heterocycles. The first-order valence-corrected chi connectivity index (χ1v) is 3.67. The highest BCUT2D eigenvalue weighted by molar-refractivity contribution is 5.00. The normalized spacial score (nSPS) is 17.1. The summed E-state index contributed by atoms with van der Waals surface area (Å²) in [5, 5.41) is 10.9. The smallest absolute Gasteiger partial charge is 0.0964 e. The Hall–Kier alpha value is -0.560. The van der Waals surface area contributed by atoms with Gasteiger partial charge in [-0.1, -0.05) is 31.7 Å². The third kappa shape index (κ3) is 3.46. The standard InChI is InChI=1S/C9H15O/c1-4-6-7-9(5-2)8(3)10/h4,6-9H,1,5H2,2-3H3. The summed E-state index contributed by atoms with van der Waals surface area (Å²) in [5.41, 5.74) is 0. The van der Waals surface area contributed by atoms with Gasteiger partial charge in [-0.3, -0.25) is 0 Å². The van der Waals surface area contributed by atoms with Gasteiger partial charge in [0.05, 0.1) is 6.10 Å². The van der Waals surface area contributed by atoms with Crippen LogP contribution in [0.4, 0.5) is 0 Å². The Labute approximate surface area is 63.1 Å². The molecule has 10 heavy (non-hydrogen) atoms. The molecule has 1 radical (unpaired) electrons. The van der Waals surface area contributed by atoms with Crippen molar-refractivity contribution < 1.29 is 5.11 Å². The molecule has 0 aliphatic heterocycles. The highest BCUT2D eigenvalue weighted by Crippen LogP contribution is 2.10. The largest absolute Gasteiger partial charge is 0.233 e. The second-order valence-corrected chi connectivity index (χ2v) is 2.40. The van der Waals surface area contributed by atoms with Crippen LogP contribution in [0.5, 0.6) is 0 Å². The molecule has 0 heterocycles. The van der Waals surface area contributed by atoms with Crippen LogP contribution in [0, 0.1) is 5.92 Å². The molecule has 0 aromatic heterocycles. The van der Waals surface area contributed by atoms with E-state index in [4.69, 9.17) is 0 Å². The van der Waals surface area contributed by atoms with Crippen molar-refractivity contribution in [2.75, 3.05) is 0 Å². The van der Waals surface area contributed by atoms with Gasteiger partial charge in [0.25, 0.3) is 0 Å². The summed E-state index contributed by atoms with van der Waals surface area (Å²) in [5.74, 6) is 0.165. The topological polar surface area (TPSA) is 19.9 Å². The number of rotatable bonds is 4. The Balaban J connectivity index is 3.82. The van der Waals surface area contributed by atoms with Crippen LogP contribution in [0.3, 0.4) is 0 Å². The molecular formula is C9H15O. The van der Waals surface area contributed by atoms with Crippen LogP contribution in [0.15, 0.2) is 24.8 Å². The zero-order chi connectivity index (χ0) is 7.98. The predicted molar refractivity (Wildman–Crippen MR) is 43.3 cm³/mol. The van der Waals surface area contributed by atoms with E-state index in [9.17, 15) is 5.11 Å². The van der Waals surface area contributed by atoms with Crippen LogP contribution < -0.4 is 0 Å². The van der Waals surface area contributed by atoms with E-state index >= 15 is 0 Å². The molecule has 2 atom stereocenters. The Bertz CT molecular complexity index is 114. The lowest BCUT2D eigenvalue weighted by molar-refractivity contribution is 0.0682. The summed E-state index contributed by atoms with van der Waals surface area (Å²) < 4.78 is 0. The summed E-state index contributed by atoms with van der Waals surface area (Å²) >= 11 is 0. The number of hydrogen-bond donors (Lipinski definition) is 0. The lowest BCUT2D eigenvalue weighted by atomic mass is 10.0. The third-order valence-corrected chi connectivity index (χ3v) is 1.57. The second-order valence-electron chi connectivity index (χ2n) is 2.40. The van der Waals surface area contributed by atoms with E-state index in [1.807, 2.05) is 19.1 Å². The van der Waals surface area contributed by atoms with Crippen LogP contribution in [-0.4, -0.2) is 6.10 Å². The van der Waals surface area contributed by atoms with E-state index in [0.29, 0.717) is 0 Å². The average Bonchev–Trinajstić information content (AvgIpc) is 1.89. The summed E-state index contributed by atoms with van der Waals surface area (Å²) in [6, 6.07) is 0. The van der Waals surface area contributed by atoms with E-state index in [2.05, 4.69) is 6.58 Å². The van der Waals surface area contributed by atoms with Gasteiger partial charge in [0.2, 0.25) is 0 Å². The highest BCUT2D eigenvalue weighted by atomic mass is 16.3. The van der Waals surface area contributed by atoms with Gasteiger partial charge in [0.15, 0.2) is 0 Å². The minimum Gasteiger partial charge on any atom is -0.233 e. The van der Waals surface area contributed by atoms with Gasteiger partial charge in [-0.2, -0.15) is 0 Å². The highest BCUT2D eigenvalue weighted by Gasteiger charge is 2.08. The fraction of sp³-hybridized carbons (Fsp3) is 0.556. The molecule has 57 valence electrons. The molecule has 0 aliphatic carbocycles. The molecule has 0 spiro atoms. The van der Waals surface area contributed by atoms with Gasteiger partial charge < -0.3 is 0 Å². The van der Waals surface area contributed by atoms with Crippen LogP contribution in [0.25, 0.3) is 0 Å². The Morgan fingerprint density at radius 1 is 1.60 bits per heavy atom. The summed E-state index contributed by atoms with van der Waals surface area (Å²) in [4.78, 5) is 0. The average molecular weight is 139 g/mol. The molecule has 0 saturated carbocycles. The molecule has 0 aromatic carbocycles. The number of allylic oxidation sites excluding steroid dienone is 2. The zero-order valence-electron chi connectivity index (χ0n) is 6.71. The van der Waals surface area contributed by atoms with E-state index in [-0.39, 0.29) is 5.92 Å². The van der Waals surface area contributed by atoms with Gasteiger partial charge in [-0.05, 0) is 13.3 Å². The van der Waals surface area contributed by atoms with Gasteiger partial charge in [-0.25, -0.2) is 5.11 Å². The summed E-state index contributed by atoms with van der Waals surface area (Å²) in [6.45, 7) is 7.25. The van der Waals surface area contributed by atoms with Crippen LogP contribution in [0.2, 0.25) is 0 Å². The van der Waals surface area contributed by atoms with Crippen molar-refractivity contribution in [2.24, 2.45) is 5.92 Å². The SMILES string of the molecule is C=CC=CC(CC)C(C)[O]. The minimum absolute atomic E-state index is 0.165. The van der Waals surface area contributed by atoms with E-state index in [0.717, 1.165) is 6.42 Å². The Kier molecular flexibility index (Phi) is 4.95. The zero-order valence-corrected chi connectivity index (χ0v) is 6.71. The molecule has 0 fully saturated rings. The van der Waals surface area contributed by atoms with Crippen molar-refractivity contribution in [2.45, 2.75) is 26.4 Å². The molecule has 0 bridgehead atoms. The maximum absolute atomic E-state index is 10.9. The number of hydrogen-bond acceptors (Lipinski definition) is 0. The second kappa shape index (κ2) is 5.24. The molecule has 0 amide bonds. The van der Waals surface area contributed by atoms with Crippen LogP contribution in [0.1, 0.15) is 20.3 Å².